The van der Waals surface area contributed by atoms with E-state index in [1.54, 1.807) is 0 Å². The fourth-order valence-electron chi connectivity index (χ4n) is 3.48. The molecule has 1 aliphatic carbocycles. The van der Waals surface area contributed by atoms with Crippen LogP contribution in [0.5, 0.6) is 0 Å². The summed E-state index contributed by atoms with van der Waals surface area (Å²) in [6.07, 6.45) is 5.10. The Labute approximate surface area is 99.1 Å². The Balaban J connectivity index is 2.22. The molecule has 2 N–H and O–H groups in total. The predicted octanol–water partition coefficient (Wildman–Crippen LogP) is 2.22. The molecule has 0 aromatic heterocycles. The molecule has 3 atom stereocenters. The topological polar surface area (TPSA) is 41.6 Å². The van der Waals surface area contributed by atoms with Crippen LogP contribution in [0.3, 0.4) is 0 Å². The van der Waals surface area contributed by atoms with Gasteiger partial charge in [-0.3, -0.25) is 4.99 Å². The maximum Gasteiger partial charge on any atom is 0.191 e. The molecule has 3 unspecified atom stereocenters. The van der Waals surface area contributed by atoms with Crippen molar-refractivity contribution >= 4 is 5.96 Å². The van der Waals surface area contributed by atoms with Gasteiger partial charge >= 0.3 is 0 Å². The molecular formula is C13H25N3. The Bertz CT molecular complexity index is 287. The first-order valence-corrected chi connectivity index (χ1v) is 6.67. The van der Waals surface area contributed by atoms with Crippen LogP contribution in [0.4, 0.5) is 0 Å². The van der Waals surface area contributed by atoms with E-state index in [1.807, 2.05) is 0 Å². The standard InChI is InChI=1S/C13H25N3/c1-4-7-16-12(14)15-9-13(16)8-10(2)5-6-11(13)3/h10-11H,4-9H2,1-3H3,(H2,14,15). The minimum Gasteiger partial charge on any atom is -0.370 e. The van der Waals surface area contributed by atoms with E-state index in [-0.39, 0.29) is 5.54 Å². The average Bonchev–Trinajstić information content (AvgIpc) is 2.55. The summed E-state index contributed by atoms with van der Waals surface area (Å²) in [4.78, 5) is 6.91. The first kappa shape index (κ1) is 11.7. The normalized spacial score (nSPS) is 39.2. The van der Waals surface area contributed by atoms with Crippen LogP contribution in [0.25, 0.3) is 0 Å². The number of hydrogen-bond donors (Lipinski definition) is 1. The monoisotopic (exact) mass is 223 g/mol. The highest BCUT2D eigenvalue weighted by atomic mass is 15.4. The fraction of sp³-hybridized carbons (Fsp3) is 0.923. The third kappa shape index (κ3) is 1.70. The molecule has 0 aromatic carbocycles. The van der Waals surface area contributed by atoms with E-state index in [2.05, 4.69) is 30.7 Å². The SMILES string of the molecule is CCCN1C(N)=NCC12CC(C)CCC2C. The molecular weight excluding hydrogens is 198 g/mol. The van der Waals surface area contributed by atoms with Gasteiger partial charge in [-0.1, -0.05) is 27.2 Å². The lowest BCUT2D eigenvalue weighted by Crippen LogP contribution is -2.58. The van der Waals surface area contributed by atoms with E-state index in [1.165, 1.54) is 19.3 Å². The second kappa shape index (κ2) is 4.27. The van der Waals surface area contributed by atoms with Crippen molar-refractivity contribution in [2.24, 2.45) is 22.6 Å². The minimum atomic E-state index is 0.248. The van der Waals surface area contributed by atoms with Gasteiger partial charge in [0.15, 0.2) is 5.96 Å². The molecule has 1 aliphatic heterocycles. The van der Waals surface area contributed by atoms with Crippen molar-refractivity contribution in [3.05, 3.63) is 0 Å². The summed E-state index contributed by atoms with van der Waals surface area (Å²) >= 11 is 0. The zero-order valence-electron chi connectivity index (χ0n) is 10.9. The molecule has 0 amide bonds. The first-order chi connectivity index (χ1) is 7.60. The lowest BCUT2D eigenvalue weighted by molar-refractivity contribution is 0.0583. The maximum atomic E-state index is 6.05. The van der Waals surface area contributed by atoms with Crippen molar-refractivity contribution in [3.8, 4) is 0 Å². The molecule has 16 heavy (non-hydrogen) atoms. The van der Waals surface area contributed by atoms with Gasteiger partial charge in [0, 0.05) is 6.54 Å². The van der Waals surface area contributed by atoms with Crippen LogP contribution in [0.15, 0.2) is 4.99 Å². The summed E-state index contributed by atoms with van der Waals surface area (Å²) < 4.78 is 0. The van der Waals surface area contributed by atoms with E-state index >= 15 is 0 Å². The summed E-state index contributed by atoms with van der Waals surface area (Å²) in [7, 11) is 0. The van der Waals surface area contributed by atoms with Crippen molar-refractivity contribution < 1.29 is 0 Å². The van der Waals surface area contributed by atoms with Crippen molar-refractivity contribution in [2.75, 3.05) is 13.1 Å². The van der Waals surface area contributed by atoms with Crippen LogP contribution in [-0.2, 0) is 0 Å². The number of hydrogen-bond acceptors (Lipinski definition) is 3. The molecule has 0 bridgehead atoms. The third-order valence-electron chi connectivity index (χ3n) is 4.49. The van der Waals surface area contributed by atoms with Crippen molar-refractivity contribution in [1.29, 1.82) is 0 Å². The van der Waals surface area contributed by atoms with E-state index in [9.17, 15) is 0 Å². The lowest BCUT2D eigenvalue weighted by Gasteiger charge is -2.48. The van der Waals surface area contributed by atoms with E-state index in [0.717, 1.165) is 37.3 Å². The highest BCUT2D eigenvalue weighted by Crippen LogP contribution is 2.43. The highest BCUT2D eigenvalue weighted by molar-refractivity contribution is 5.81. The van der Waals surface area contributed by atoms with E-state index < -0.39 is 0 Å². The molecule has 1 saturated carbocycles. The van der Waals surface area contributed by atoms with Crippen LogP contribution in [0.2, 0.25) is 0 Å². The Hall–Kier alpha value is -0.730. The molecule has 2 aliphatic rings. The molecule has 1 fully saturated rings. The number of nitrogens with zero attached hydrogens (tertiary/aromatic N) is 2. The minimum absolute atomic E-state index is 0.248. The maximum absolute atomic E-state index is 6.05. The molecule has 1 heterocycles. The van der Waals surface area contributed by atoms with E-state index in [0.29, 0.717) is 0 Å². The van der Waals surface area contributed by atoms with Gasteiger partial charge in [-0.2, -0.15) is 0 Å². The van der Waals surface area contributed by atoms with Crippen molar-refractivity contribution in [3.63, 3.8) is 0 Å². The van der Waals surface area contributed by atoms with Gasteiger partial charge in [-0.05, 0) is 31.1 Å². The van der Waals surface area contributed by atoms with E-state index in [4.69, 9.17) is 5.73 Å². The van der Waals surface area contributed by atoms with Gasteiger partial charge in [0.2, 0.25) is 0 Å². The Kier molecular flexibility index (Phi) is 3.13. The summed E-state index contributed by atoms with van der Waals surface area (Å²) in [6, 6.07) is 0. The van der Waals surface area contributed by atoms with Crippen LogP contribution in [-0.4, -0.2) is 29.5 Å². The lowest BCUT2D eigenvalue weighted by atomic mass is 9.69. The second-order valence-corrected chi connectivity index (χ2v) is 5.72. The quantitative estimate of drug-likeness (QED) is 0.780. The van der Waals surface area contributed by atoms with Crippen molar-refractivity contribution in [2.45, 2.75) is 52.0 Å². The largest absolute Gasteiger partial charge is 0.370 e. The Morgan fingerprint density at radius 3 is 2.88 bits per heavy atom. The smallest absolute Gasteiger partial charge is 0.191 e. The Morgan fingerprint density at radius 2 is 2.19 bits per heavy atom. The summed E-state index contributed by atoms with van der Waals surface area (Å²) in [6.45, 7) is 8.95. The highest BCUT2D eigenvalue weighted by Gasteiger charge is 2.48. The zero-order chi connectivity index (χ0) is 11.8. The third-order valence-corrected chi connectivity index (χ3v) is 4.49. The predicted molar refractivity (Wildman–Crippen MR) is 68.4 cm³/mol. The van der Waals surface area contributed by atoms with Crippen molar-refractivity contribution in [1.82, 2.24) is 4.90 Å². The number of guanidine groups is 1. The molecule has 1 spiro atoms. The molecule has 0 aromatic rings. The van der Waals surface area contributed by atoms with Gasteiger partial charge in [0.05, 0.1) is 12.1 Å². The van der Waals surface area contributed by atoms with Gasteiger partial charge in [0.25, 0.3) is 0 Å². The number of nitrogens with two attached hydrogens (primary N) is 1. The number of rotatable bonds is 2. The van der Waals surface area contributed by atoms with Gasteiger partial charge < -0.3 is 10.6 Å². The zero-order valence-corrected chi connectivity index (χ0v) is 10.9. The molecule has 3 nitrogen and oxygen atoms in total. The second-order valence-electron chi connectivity index (χ2n) is 5.72. The summed E-state index contributed by atoms with van der Waals surface area (Å²) in [5, 5.41) is 0. The van der Waals surface area contributed by atoms with Gasteiger partial charge in [-0.15, -0.1) is 0 Å². The van der Waals surface area contributed by atoms with Crippen LogP contribution in [0, 0.1) is 11.8 Å². The molecule has 0 radical (unpaired) electrons. The summed E-state index contributed by atoms with van der Waals surface area (Å²) in [5.74, 6) is 2.32. The molecule has 2 rings (SSSR count). The van der Waals surface area contributed by atoms with Crippen LogP contribution in [0.1, 0.15) is 46.5 Å². The first-order valence-electron chi connectivity index (χ1n) is 6.67. The fourth-order valence-corrected chi connectivity index (χ4v) is 3.48. The summed E-state index contributed by atoms with van der Waals surface area (Å²) in [5.41, 5.74) is 6.30. The molecule has 92 valence electrons. The van der Waals surface area contributed by atoms with Crippen LogP contribution >= 0.6 is 0 Å². The molecule has 3 heteroatoms. The van der Waals surface area contributed by atoms with Gasteiger partial charge in [0.1, 0.15) is 0 Å². The van der Waals surface area contributed by atoms with Crippen LogP contribution < -0.4 is 5.73 Å². The molecule has 0 saturated heterocycles. The number of aliphatic imine (C=N–C) groups is 1. The average molecular weight is 223 g/mol. The Morgan fingerprint density at radius 1 is 1.44 bits per heavy atom. The van der Waals surface area contributed by atoms with Gasteiger partial charge in [-0.25, -0.2) is 0 Å².